The third kappa shape index (κ3) is 9.88. The maximum Gasteiger partial charge on any atom is 0.356 e. The van der Waals surface area contributed by atoms with E-state index in [0.717, 1.165) is 29.6 Å². The van der Waals surface area contributed by atoms with Crippen LogP contribution in [0.3, 0.4) is 0 Å². The lowest BCUT2D eigenvalue weighted by Gasteiger charge is -2.14. The predicted molar refractivity (Wildman–Crippen MR) is 161 cm³/mol. The van der Waals surface area contributed by atoms with Gasteiger partial charge in [-0.25, -0.2) is 9.13 Å². The molecule has 1 aromatic heterocycles. The van der Waals surface area contributed by atoms with Gasteiger partial charge in [0.2, 0.25) is 0 Å². The lowest BCUT2D eigenvalue weighted by atomic mass is 10.0. The Labute approximate surface area is 248 Å². The standard InChI is InChI=1S/C33H51N3O3.ClH/c1-4-5-6-7-8-9-10-11-12-13-14-15-16-19-24-35-28-20-17-18-21-29(28)36(33(35)34)26-30(37)27-22-23-31(38-2)32(25-27)39-3;/h17-18,20-23,25,30,34,37H,4-16,19,24,26H2,1-3H3;1H. The van der Waals surface area contributed by atoms with E-state index in [-0.39, 0.29) is 12.4 Å². The van der Waals surface area contributed by atoms with Crippen molar-refractivity contribution in [2.75, 3.05) is 20.0 Å². The third-order valence-corrected chi connectivity index (χ3v) is 7.90. The van der Waals surface area contributed by atoms with Crippen molar-refractivity contribution in [2.24, 2.45) is 0 Å². The van der Waals surface area contributed by atoms with E-state index >= 15 is 0 Å². The van der Waals surface area contributed by atoms with E-state index in [2.05, 4.69) is 29.7 Å². The number of hydrogen-bond donors (Lipinski definition) is 2. The van der Waals surface area contributed by atoms with Gasteiger partial charge >= 0.3 is 5.95 Å². The van der Waals surface area contributed by atoms with Crippen LogP contribution < -0.4 is 32.2 Å². The second-order valence-corrected chi connectivity index (χ2v) is 10.8. The van der Waals surface area contributed by atoms with Crippen molar-refractivity contribution >= 4 is 17.0 Å². The highest BCUT2D eigenvalue weighted by atomic mass is 35.5. The largest absolute Gasteiger partial charge is 1.00 e. The average Bonchev–Trinajstić information content (AvgIpc) is 3.22. The molecule has 224 valence electrons. The molecule has 0 saturated heterocycles. The molecule has 0 aliphatic carbocycles. The van der Waals surface area contributed by atoms with E-state index in [1.165, 1.54) is 83.5 Å². The monoisotopic (exact) mass is 573 g/mol. The molecule has 0 amide bonds. The zero-order valence-corrected chi connectivity index (χ0v) is 25.8. The summed E-state index contributed by atoms with van der Waals surface area (Å²) >= 11 is 0. The van der Waals surface area contributed by atoms with Crippen LogP contribution >= 0.6 is 0 Å². The van der Waals surface area contributed by atoms with Crippen molar-refractivity contribution in [3.05, 3.63) is 48.0 Å². The number of aryl methyl sites for hydroxylation is 1. The molecule has 1 heterocycles. The first-order valence-electron chi connectivity index (χ1n) is 15.3. The minimum atomic E-state index is -0.725. The topological polar surface area (TPSA) is 73.5 Å². The van der Waals surface area contributed by atoms with Crippen molar-refractivity contribution in [1.29, 1.82) is 0 Å². The highest BCUT2D eigenvalue weighted by Gasteiger charge is 2.23. The van der Waals surface area contributed by atoms with Crippen molar-refractivity contribution < 1.29 is 31.6 Å². The number of fused-ring (bicyclic) bond motifs is 1. The molecule has 0 bridgehead atoms. The number of unbranched alkanes of at least 4 members (excludes halogenated alkanes) is 13. The molecule has 6 nitrogen and oxygen atoms in total. The van der Waals surface area contributed by atoms with Crippen LogP contribution in [-0.4, -0.2) is 23.9 Å². The molecule has 1 unspecified atom stereocenters. The van der Waals surface area contributed by atoms with Crippen molar-refractivity contribution in [2.45, 2.75) is 116 Å². The maximum atomic E-state index is 11.1. The second-order valence-electron chi connectivity index (χ2n) is 10.8. The van der Waals surface area contributed by atoms with Gasteiger partial charge in [0.1, 0.15) is 23.7 Å². The Balaban J connectivity index is 0.00000560. The van der Waals surface area contributed by atoms with E-state index in [9.17, 15) is 5.11 Å². The number of hydrogen-bond acceptors (Lipinski definition) is 4. The van der Waals surface area contributed by atoms with Crippen LogP contribution in [0.5, 0.6) is 11.5 Å². The summed E-state index contributed by atoms with van der Waals surface area (Å²) in [6.45, 7) is 3.54. The molecule has 0 fully saturated rings. The summed E-state index contributed by atoms with van der Waals surface area (Å²) in [4.78, 5) is 0. The number of imidazole rings is 1. The van der Waals surface area contributed by atoms with Crippen LogP contribution in [0.4, 0.5) is 5.95 Å². The number of aromatic nitrogens is 2. The Morgan fingerprint density at radius 2 is 1.32 bits per heavy atom. The fourth-order valence-corrected chi connectivity index (χ4v) is 5.54. The highest BCUT2D eigenvalue weighted by Crippen LogP contribution is 2.30. The zero-order valence-electron chi connectivity index (χ0n) is 25.0. The molecule has 2 aromatic carbocycles. The van der Waals surface area contributed by atoms with Crippen LogP contribution in [0.2, 0.25) is 0 Å². The van der Waals surface area contributed by atoms with Gasteiger partial charge in [-0.15, -0.1) is 0 Å². The van der Waals surface area contributed by atoms with Gasteiger partial charge in [0, 0.05) is 0 Å². The van der Waals surface area contributed by atoms with E-state index in [1.807, 2.05) is 28.8 Å². The smallest absolute Gasteiger partial charge is 0.356 e. The number of anilines is 1. The number of methoxy groups -OCH3 is 2. The van der Waals surface area contributed by atoms with E-state index in [1.54, 1.807) is 14.2 Å². The van der Waals surface area contributed by atoms with Crippen LogP contribution in [0.15, 0.2) is 42.5 Å². The van der Waals surface area contributed by atoms with Crippen LogP contribution in [0.1, 0.15) is 108 Å². The normalized spacial score (nSPS) is 11.9. The van der Waals surface area contributed by atoms with Gasteiger partial charge in [-0.2, -0.15) is 0 Å². The van der Waals surface area contributed by atoms with Gasteiger partial charge in [0.25, 0.3) is 0 Å². The lowest BCUT2D eigenvalue weighted by Crippen LogP contribution is -3.00. The number of nitrogen functional groups attached to an aromatic ring is 1. The Kier molecular flexibility index (Phi) is 15.9. The molecule has 0 spiro atoms. The van der Waals surface area contributed by atoms with Crippen LogP contribution in [0.25, 0.3) is 11.0 Å². The van der Waals surface area contributed by atoms with Gasteiger partial charge in [-0.05, 0) is 36.2 Å². The third-order valence-electron chi connectivity index (χ3n) is 7.90. The van der Waals surface area contributed by atoms with E-state index < -0.39 is 6.10 Å². The van der Waals surface area contributed by atoms with Crippen LogP contribution in [0, 0.1) is 0 Å². The molecule has 0 saturated carbocycles. The number of nitrogens with zero attached hydrogens (tertiary/aromatic N) is 2. The number of aliphatic hydroxyl groups excluding tert-OH is 1. The number of para-hydroxylation sites is 2. The number of benzene rings is 2. The zero-order chi connectivity index (χ0) is 27.9. The number of aliphatic hydroxyl groups is 1. The minimum absolute atomic E-state index is 0. The minimum Gasteiger partial charge on any atom is -1.00 e. The molecular weight excluding hydrogens is 522 g/mol. The molecule has 0 radical (unpaired) electrons. The molecule has 1 atom stereocenters. The first-order valence-corrected chi connectivity index (χ1v) is 15.3. The Bertz CT molecular complexity index is 1120. The van der Waals surface area contributed by atoms with Crippen molar-refractivity contribution in [3.8, 4) is 11.5 Å². The molecule has 0 aliphatic heterocycles. The summed E-state index contributed by atoms with van der Waals surface area (Å²) in [6.07, 6.45) is 18.2. The molecule has 7 heteroatoms. The average molecular weight is 574 g/mol. The lowest BCUT2D eigenvalue weighted by molar-refractivity contribution is -0.666. The molecule has 3 aromatic rings. The quantitative estimate of drug-likeness (QED) is 0.151. The SMILES string of the molecule is CCCCCCCCCCCCCCCCn1c(N)[n+](CC(O)c2ccc(OC)c(OC)c2)c2ccccc21.[Cl-]. The molecule has 0 aliphatic rings. The first kappa shape index (κ1) is 33.8. The van der Waals surface area contributed by atoms with Gasteiger partial charge in [-0.3, -0.25) is 5.73 Å². The summed E-state index contributed by atoms with van der Waals surface area (Å²) in [5.41, 5.74) is 9.59. The second kappa shape index (κ2) is 18.8. The highest BCUT2D eigenvalue weighted by molar-refractivity contribution is 5.73. The first-order chi connectivity index (χ1) is 19.1. The summed E-state index contributed by atoms with van der Waals surface area (Å²) in [5, 5.41) is 11.1. The fourth-order valence-electron chi connectivity index (χ4n) is 5.54. The molecule has 3 N–H and O–H groups in total. The van der Waals surface area contributed by atoms with Crippen molar-refractivity contribution in [3.63, 3.8) is 0 Å². The number of nitrogens with two attached hydrogens (primary N) is 1. The number of ether oxygens (including phenoxy) is 2. The summed E-state index contributed by atoms with van der Waals surface area (Å²) in [5.74, 6) is 1.93. The summed E-state index contributed by atoms with van der Waals surface area (Å²) in [6, 6.07) is 13.8. The van der Waals surface area contributed by atoms with E-state index in [4.69, 9.17) is 15.2 Å². The Morgan fingerprint density at radius 3 is 1.90 bits per heavy atom. The molecule has 3 rings (SSSR count). The molecule has 40 heavy (non-hydrogen) atoms. The van der Waals surface area contributed by atoms with E-state index in [0.29, 0.717) is 24.0 Å². The number of halogens is 1. The number of rotatable bonds is 20. The van der Waals surface area contributed by atoms with Gasteiger partial charge in [0.05, 0.1) is 20.8 Å². The predicted octanol–water partition coefficient (Wildman–Crippen LogP) is 4.75. The van der Waals surface area contributed by atoms with Gasteiger partial charge in [0.15, 0.2) is 11.5 Å². The maximum absolute atomic E-state index is 11.1. The van der Waals surface area contributed by atoms with Gasteiger partial charge < -0.3 is 27.0 Å². The van der Waals surface area contributed by atoms with Crippen LogP contribution in [-0.2, 0) is 13.1 Å². The van der Waals surface area contributed by atoms with Gasteiger partial charge in [-0.1, -0.05) is 109 Å². The fraction of sp³-hybridized carbons (Fsp3) is 0.606. The summed E-state index contributed by atoms with van der Waals surface area (Å²) in [7, 11) is 3.21. The molecular formula is C33H52ClN3O3. The Hall–Kier alpha value is -2.44. The Morgan fingerprint density at radius 1 is 0.775 bits per heavy atom. The van der Waals surface area contributed by atoms with Crippen molar-refractivity contribution in [1.82, 2.24) is 4.57 Å². The summed E-state index contributed by atoms with van der Waals surface area (Å²) < 4.78 is 15.0.